The minimum Gasteiger partial charge on any atom is -0.481 e. The Morgan fingerprint density at radius 3 is 3.00 bits per heavy atom. The molecular weight excluding hydrogens is 222 g/mol. The first kappa shape index (κ1) is 12.1. The van der Waals surface area contributed by atoms with Crippen molar-refractivity contribution in [3.63, 3.8) is 0 Å². The van der Waals surface area contributed by atoms with E-state index in [2.05, 4.69) is 10.00 Å². The van der Waals surface area contributed by atoms with Gasteiger partial charge in [-0.3, -0.25) is 14.4 Å². The van der Waals surface area contributed by atoms with Crippen LogP contribution in [0.1, 0.15) is 12.5 Å². The summed E-state index contributed by atoms with van der Waals surface area (Å²) in [5.74, 6) is -0.762. The average molecular weight is 239 g/mol. The molecule has 1 saturated heterocycles. The molecule has 0 saturated carbocycles. The molecule has 1 aliphatic heterocycles. The average Bonchev–Trinajstić information content (AvgIpc) is 2.94. The number of aromatic nitrogens is 2. The van der Waals surface area contributed by atoms with Crippen molar-refractivity contribution in [2.45, 2.75) is 18.6 Å². The summed E-state index contributed by atoms with van der Waals surface area (Å²) in [5, 5.41) is 12.9. The van der Waals surface area contributed by atoms with E-state index in [0.717, 1.165) is 13.1 Å². The predicted molar refractivity (Wildman–Crippen MR) is 60.8 cm³/mol. The lowest BCUT2D eigenvalue weighted by atomic mass is 10.2. The number of ether oxygens (including phenoxy) is 1. The molecule has 0 aromatic carbocycles. The van der Waals surface area contributed by atoms with Crippen molar-refractivity contribution in [3.8, 4) is 0 Å². The van der Waals surface area contributed by atoms with E-state index in [1.807, 2.05) is 16.9 Å². The Morgan fingerprint density at radius 2 is 2.41 bits per heavy atom. The van der Waals surface area contributed by atoms with Crippen LogP contribution >= 0.6 is 0 Å². The van der Waals surface area contributed by atoms with Crippen LogP contribution in [0.2, 0.25) is 0 Å². The maximum Gasteiger partial charge on any atom is 0.304 e. The van der Waals surface area contributed by atoms with Crippen LogP contribution in [0, 0.1) is 0 Å². The van der Waals surface area contributed by atoms with Crippen molar-refractivity contribution in [3.05, 3.63) is 18.5 Å². The third-order valence-corrected chi connectivity index (χ3v) is 3.12. The molecular formula is C11H17N3O3. The van der Waals surface area contributed by atoms with Crippen LogP contribution in [-0.2, 0) is 9.53 Å². The monoisotopic (exact) mass is 239 g/mol. The van der Waals surface area contributed by atoms with Gasteiger partial charge in [0.25, 0.3) is 0 Å². The summed E-state index contributed by atoms with van der Waals surface area (Å²) in [6, 6.07) is 2.05. The Kier molecular flexibility index (Phi) is 3.75. The van der Waals surface area contributed by atoms with Gasteiger partial charge < -0.3 is 9.84 Å². The van der Waals surface area contributed by atoms with E-state index >= 15 is 0 Å². The molecule has 2 rings (SSSR count). The van der Waals surface area contributed by atoms with Crippen molar-refractivity contribution < 1.29 is 14.6 Å². The largest absolute Gasteiger partial charge is 0.481 e. The Labute approximate surface area is 99.8 Å². The van der Waals surface area contributed by atoms with E-state index < -0.39 is 5.97 Å². The number of likely N-dealkylation sites (tertiary alicyclic amines) is 1. The minimum atomic E-state index is -0.762. The highest BCUT2D eigenvalue weighted by Crippen LogP contribution is 2.23. The molecule has 0 radical (unpaired) electrons. The van der Waals surface area contributed by atoms with Crippen LogP contribution in [0.4, 0.5) is 0 Å². The Hall–Kier alpha value is -1.40. The molecule has 1 aromatic heterocycles. The number of rotatable bonds is 5. The molecule has 17 heavy (non-hydrogen) atoms. The van der Waals surface area contributed by atoms with Gasteiger partial charge in [0.2, 0.25) is 0 Å². The van der Waals surface area contributed by atoms with Crippen molar-refractivity contribution in [2.24, 2.45) is 0 Å². The quantitative estimate of drug-likeness (QED) is 0.796. The minimum absolute atomic E-state index is 0.0729. The molecule has 0 amide bonds. The first-order chi connectivity index (χ1) is 8.20. The molecule has 1 fully saturated rings. The number of carboxylic acids is 1. The van der Waals surface area contributed by atoms with Gasteiger partial charge in [-0.05, 0) is 6.07 Å². The predicted octanol–water partition coefficient (Wildman–Crippen LogP) is 0.229. The van der Waals surface area contributed by atoms with Gasteiger partial charge in [0.05, 0.1) is 18.6 Å². The molecule has 94 valence electrons. The zero-order valence-corrected chi connectivity index (χ0v) is 9.82. The number of aliphatic carboxylic acids is 1. The highest BCUT2D eigenvalue weighted by Gasteiger charge is 2.34. The van der Waals surface area contributed by atoms with E-state index in [1.54, 1.807) is 13.3 Å². The van der Waals surface area contributed by atoms with Gasteiger partial charge in [0, 0.05) is 39.1 Å². The topological polar surface area (TPSA) is 67.6 Å². The lowest BCUT2D eigenvalue weighted by molar-refractivity contribution is -0.137. The summed E-state index contributed by atoms with van der Waals surface area (Å²) >= 11 is 0. The maximum atomic E-state index is 10.5. The van der Waals surface area contributed by atoms with E-state index in [0.29, 0.717) is 6.54 Å². The van der Waals surface area contributed by atoms with Gasteiger partial charge in [0.15, 0.2) is 0 Å². The third-order valence-electron chi connectivity index (χ3n) is 3.12. The number of hydrogen-bond acceptors (Lipinski definition) is 4. The van der Waals surface area contributed by atoms with Gasteiger partial charge in [-0.2, -0.15) is 5.10 Å². The summed E-state index contributed by atoms with van der Waals surface area (Å²) in [4.78, 5) is 12.6. The molecule has 1 N–H and O–H groups in total. The molecule has 0 unspecified atom stereocenters. The summed E-state index contributed by atoms with van der Waals surface area (Å²) in [6.07, 6.45) is 3.90. The maximum absolute atomic E-state index is 10.5. The second-order valence-corrected chi connectivity index (χ2v) is 4.23. The van der Waals surface area contributed by atoms with E-state index in [1.165, 1.54) is 0 Å². The normalized spacial score (nSPS) is 25.2. The van der Waals surface area contributed by atoms with Gasteiger partial charge in [-0.15, -0.1) is 0 Å². The van der Waals surface area contributed by atoms with Crippen LogP contribution in [0.5, 0.6) is 0 Å². The van der Waals surface area contributed by atoms with Gasteiger partial charge in [-0.1, -0.05) is 0 Å². The molecule has 6 heteroatoms. The van der Waals surface area contributed by atoms with Crippen molar-refractivity contribution >= 4 is 5.97 Å². The molecule has 2 heterocycles. The molecule has 2 atom stereocenters. The zero-order valence-electron chi connectivity index (χ0n) is 9.82. The van der Waals surface area contributed by atoms with Crippen molar-refractivity contribution in [1.29, 1.82) is 0 Å². The van der Waals surface area contributed by atoms with Gasteiger partial charge in [-0.25, -0.2) is 0 Å². The number of hydrogen-bond donors (Lipinski definition) is 1. The standard InChI is InChI=1S/C11H17N3O3/c1-17-10-8-13(6-3-11(15)16)7-9(10)14-5-2-4-12-14/h2,4-5,9-10H,3,6-8H2,1H3,(H,15,16)/t9-,10-/m0/s1. The highest BCUT2D eigenvalue weighted by atomic mass is 16.5. The number of carbonyl (C=O) groups is 1. The number of nitrogens with zero attached hydrogens (tertiary/aromatic N) is 3. The van der Waals surface area contributed by atoms with Crippen LogP contribution in [0.25, 0.3) is 0 Å². The summed E-state index contributed by atoms with van der Waals surface area (Å²) < 4.78 is 7.32. The number of methoxy groups -OCH3 is 1. The van der Waals surface area contributed by atoms with Crippen LogP contribution in [0.3, 0.4) is 0 Å². The van der Waals surface area contributed by atoms with Crippen LogP contribution in [-0.4, -0.2) is 58.6 Å². The van der Waals surface area contributed by atoms with Crippen LogP contribution in [0.15, 0.2) is 18.5 Å². The second-order valence-electron chi connectivity index (χ2n) is 4.23. The zero-order chi connectivity index (χ0) is 12.3. The molecule has 1 aromatic rings. The molecule has 0 aliphatic carbocycles. The Balaban J connectivity index is 1.96. The van der Waals surface area contributed by atoms with Crippen LogP contribution < -0.4 is 0 Å². The van der Waals surface area contributed by atoms with E-state index in [4.69, 9.17) is 9.84 Å². The second kappa shape index (κ2) is 5.29. The molecule has 1 aliphatic rings. The summed E-state index contributed by atoms with van der Waals surface area (Å²) in [5.41, 5.74) is 0. The fraction of sp³-hybridized carbons (Fsp3) is 0.636. The van der Waals surface area contributed by atoms with Gasteiger partial charge in [0.1, 0.15) is 0 Å². The van der Waals surface area contributed by atoms with E-state index in [-0.39, 0.29) is 18.6 Å². The lowest BCUT2D eigenvalue weighted by Crippen LogP contribution is -2.25. The highest BCUT2D eigenvalue weighted by molar-refractivity contribution is 5.66. The Bertz CT molecular complexity index is 366. The molecule has 0 bridgehead atoms. The molecule has 0 spiro atoms. The van der Waals surface area contributed by atoms with E-state index in [9.17, 15) is 4.79 Å². The van der Waals surface area contributed by atoms with Gasteiger partial charge >= 0.3 is 5.97 Å². The summed E-state index contributed by atoms with van der Waals surface area (Å²) in [6.45, 7) is 2.11. The number of carboxylic acid groups (broad SMARTS) is 1. The summed E-state index contributed by atoms with van der Waals surface area (Å²) in [7, 11) is 1.68. The first-order valence-corrected chi connectivity index (χ1v) is 5.67. The smallest absolute Gasteiger partial charge is 0.304 e. The Morgan fingerprint density at radius 1 is 1.59 bits per heavy atom. The SMILES string of the molecule is CO[C@H]1CN(CCC(=O)O)C[C@@H]1n1cccn1. The lowest BCUT2D eigenvalue weighted by Gasteiger charge is -2.16. The third kappa shape index (κ3) is 2.83. The van der Waals surface area contributed by atoms with Crippen molar-refractivity contribution in [1.82, 2.24) is 14.7 Å². The first-order valence-electron chi connectivity index (χ1n) is 5.67. The van der Waals surface area contributed by atoms with Crippen molar-refractivity contribution in [2.75, 3.05) is 26.7 Å². The fourth-order valence-electron chi connectivity index (χ4n) is 2.23. The molecule has 6 nitrogen and oxygen atoms in total. The fourth-order valence-corrected chi connectivity index (χ4v) is 2.23.